The van der Waals surface area contributed by atoms with E-state index in [-0.39, 0.29) is 6.04 Å². The van der Waals surface area contributed by atoms with Crippen LogP contribution >= 0.6 is 0 Å². The van der Waals surface area contributed by atoms with E-state index in [0.29, 0.717) is 0 Å². The zero-order chi connectivity index (χ0) is 10.6. The summed E-state index contributed by atoms with van der Waals surface area (Å²) in [6.45, 7) is 4.96. The van der Waals surface area contributed by atoms with Gasteiger partial charge in [-0.3, -0.25) is 0 Å². The fourth-order valence-corrected chi connectivity index (χ4v) is 1.50. The standard InChI is InChI=1S/C12H20N2/c1-9-5-6-11(8-10(9)2)12(14)4-3-7-13/h5-6,8,12H,3-4,7,13-14H2,1-2H3. The van der Waals surface area contributed by atoms with Crippen LogP contribution in [0.4, 0.5) is 0 Å². The molecule has 2 heteroatoms. The van der Waals surface area contributed by atoms with Gasteiger partial charge in [-0.1, -0.05) is 18.2 Å². The van der Waals surface area contributed by atoms with Crippen LogP contribution in [0.25, 0.3) is 0 Å². The minimum absolute atomic E-state index is 0.137. The Morgan fingerprint density at radius 2 is 1.93 bits per heavy atom. The van der Waals surface area contributed by atoms with Gasteiger partial charge >= 0.3 is 0 Å². The van der Waals surface area contributed by atoms with E-state index in [9.17, 15) is 0 Å². The predicted molar refractivity (Wildman–Crippen MR) is 61.1 cm³/mol. The van der Waals surface area contributed by atoms with Crippen molar-refractivity contribution in [3.05, 3.63) is 34.9 Å². The van der Waals surface area contributed by atoms with E-state index in [0.717, 1.165) is 19.4 Å². The Hall–Kier alpha value is -0.860. The SMILES string of the molecule is Cc1ccc(C(N)CCCN)cc1C. The van der Waals surface area contributed by atoms with E-state index in [4.69, 9.17) is 11.5 Å². The molecule has 78 valence electrons. The van der Waals surface area contributed by atoms with Gasteiger partial charge in [-0.2, -0.15) is 0 Å². The molecule has 14 heavy (non-hydrogen) atoms. The van der Waals surface area contributed by atoms with Crippen LogP contribution in [0.3, 0.4) is 0 Å². The Balaban J connectivity index is 2.70. The van der Waals surface area contributed by atoms with Crippen molar-refractivity contribution < 1.29 is 0 Å². The van der Waals surface area contributed by atoms with E-state index >= 15 is 0 Å². The van der Waals surface area contributed by atoms with Gasteiger partial charge in [0.15, 0.2) is 0 Å². The summed E-state index contributed by atoms with van der Waals surface area (Å²) in [5.41, 5.74) is 15.4. The minimum Gasteiger partial charge on any atom is -0.330 e. The van der Waals surface area contributed by atoms with Crippen LogP contribution in [0, 0.1) is 13.8 Å². The Bertz CT molecular complexity index is 294. The lowest BCUT2D eigenvalue weighted by Crippen LogP contribution is -2.12. The van der Waals surface area contributed by atoms with Gasteiger partial charge in [0.1, 0.15) is 0 Å². The summed E-state index contributed by atoms with van der Waals surface area (Å²) < 4.78 is 0. The fourth-order valence-electron chi connectivity index (χ4n) is 1.50. The molecule has 0 saturated heterocycles. The number of hydrogen-bond acceptors (Lipinski definition) is 2. The van der Waals surface area contributed by atoms with Gasteiger partial charge in [0.25, 0.3) is 0 Å². The number of hydrogen-bond donors (Lipinski definition) is 2. The second-order valence-corrected chi connectivity index (χ2v) is 3.88. The average molecular weight is 192 g/mol. The van der Waals surface area contributed by atoms with Gasteiger partial charge in [0.2, 0.25) is 0 Å². The predicted octanol–water partition coefficient (Wildman–Crippen LogP) is 2.04. The van der Waals surface area contributed by atoms with E-state index in [1.54, 1.807) is 0 Å². The summed E-state index contributed by atoms with van der Waals surface area (Å²) in [5, 5.41) is 0. The normalized spacial score (nSPS) is 12.9. The van der Waals surface area contributed by atoms with Crippen molar-refractivity contribution in [2.45, 2.75) is 32.7 Å². The molecule has 0 bridgehead atoms. The lowest BCUT2D eigenvalue weighted by atomic mass is 9.99. The third-order valence-electron chi connectivity index (χ3n) is 2.68. The van der Waals surface area contributed by atoms with E-state index in [1.165, 1.54) is 16.7 Å². The molecule has 2 nitrogen and oxygen atoms in total. The highest BCUT2D eigenvalue weighted by Crippen LogP contribution is 2.18. The van der Waals surface area contributed by atoms with Gasteiger partial charge in [0.05, 0.1) is 0 Å². The molecule has 1 aromatic rings. The quantitative estimate of drug-likeness (QED) is 0.767. The van der Waals surface area contributed by atoms with Crippen LogP contribution < -0.4 is 11.5 Å². The van der Waals surface area contributed by atoms with Crippen LogP contribution in [0.2, 0.25) is 0 Å². The molecule has 0 amide bonds. The van der Waals surface area contributed by atoms with Crippen molar-refractivity contribution in [1.29, 1.82) is 0 Å². The molecule has 4 N–H and O–H groups in total. The highest BCUT2D eigenvalue weighted by atomic mass is 14.6. The molecule has 0 spiro atoms. The molecule has 0 saturated carbocycles. The number of nitrogens with two attached hydrogens (primary N) is 2. The smallest absolute Gasteiger partial charge is 0.0295 e. The van der Waals surface area contributed by atoms with Crippen LogP contribution in [0.15, 0.2) is 18.2 Å². The first-order valence-electron chi connectivity index (χ1n) is 5.18. The molecule has 0 aliphatic heterocycles. The maximum Gasteiger partial charge on any atom is 0.0295 e. The summed E-state index contributed by atoms with van der Waals surface area (Å²) in [7, 11) is 0. The molecule has 1 rings (SSSR count). The van der Waals surface area contributed by atoms with Crippen molar-refractivity contribution in [2.24, 2.45) is 11.5 Å². The zero-order valence-corrected chi connectivity index (χ0v) is 9.09. The maximum atomic E-state index is 6.04. The number of benzene rings is 1. The first-order valence-corrected chi connectivity index (χ1v) is 5.18. The number of rotatable bonds is 4. The topological polar surface area (TPSA) is 52.0 Å². The molecule has 1 atom stereocenters. The minimum atomic E-state index is 0.137. The van der Waals surface area contributed by atoms with Gasteiger partial charge in [-0.15, -0.1) is 0 Å². The second-order valence-electron chi connectivity index (χ2n) is 3.88. The van der Waals surface area contributed by atoms with Gasteiger partial charge in [-0.05, 0) is 49.9 Å². The van der Waals surface area contributed by atoms with Crippen molar-refractivity contribution >= 4 is 0 Å². The summed E-state index contributed by atoms with van der Waals surface area (Å²) in [6, 6.07) is 6.56. The average Bonchev–Trinajstić information content (AvgIpc) is 2.18. The Labute approximate surface area is 86.3 Å². The van der Waals surface area contributed by atoms with Gasteiger partial charge in [-0.25, -0.2) is 0 Å². The number of aryl methyl sites for hydroxylation is 2. The molecule has 0 aliphatic carbocycles. The van der Waals surface area contributed by atoms with Crippen molar-refractivity contribution in [3.63, 3.8) is 0 Å². The largest absolute Gasteiger partial charge is 0.330 e. The molecule has 1 aromatic carbocycles. The van der Waals surface area contributed by atoms with Crippen molar-refractivity contribution in [3.8, 4) is 0 Å². The molecule has 0 radical (unpaired) electrons. The summed E-state index contributed by atoms with van der Waals surface area (Å²) in [6.07, 6.45) is 1.97. The lowest BCUT2D eigenvalue weighted by molar-refractivity contribution is 0.617. The first-order chi connectivity index (χ1) is 6.65. The molecule has 0 aromatic heterocycles. The van der Waals surface area contributed by atoms with E-state index in [2.05, 4.69) is 32.0 Å². The summed E-state index contributed by atoms with van der Waals surface area (Å²) >= 11 is 0. The summed E-state index contributed by atoms with van der Waals surface area (Å²) in [4.78, 5) is 0. The fraction of sp³-hybridized carbons (Fsp3) is 0.500. The van der Waals surface area contributed by atoms with Gasteiger partial charge < -0.3 is 11.5 Å². The van der Waals surface area contributed by atoms with E-state index < -0.39 is 0 Å². The Kier molecular flexibility index (Phi) is 4.11. The van der Waals surface area contributed by atoms with Crippen molar-refractivity contribution in [1.82, 2.24) is 0 Å². The summed E-state index contributed by atoms with van der Waals surface area (Å²) in [5.74, 6) is 0. The second kappa shape index (κ2) is 5.13. The van der Waals surface area contributed by atoms with Crippen LogP contribution in [-0.2, 0) is 0 Å². The monoisotopic (exact) mass is 192 g/mol. The van der Waals surface area contributed by atoms with E-state index in [1.807, 2.05) is 0 Å². The molecule has 1 unspecified atom stereocenters. The van der Waals surface area contributed by atoms with Gasteiger partial charge in [0, 0.05) is 6.04 Å². The van der Waals surface area contributed by atoms with Crippen LogP contribution in [0.5, 0.6) is 0 Å². The zero-order valence-electron chi connectivity index (χ0n) is 9.09. The Morgan fingerprint density at radius 1 is 1.21 bits per heavy atom. The highest BCUT2D eigenvalue weighted by molar-refractivity contribution is 5.31. The third kappa shape index (κ3) is 2.82. The first kappa shape index (κ1) is 11.2. The molecule has 0 aliphatic rings. The highest BCUT2D eigenvalue weighted by Gasteiger charge is 2.05. The molecular formula is C12H20N2. The van der Waals surface area contributed by atoms with Crippen LogP contribution in [0.1, 0.15) is 35.6 Å². The lowest BCUT2D eigenvalue weighted by Gasteiger charge is -2.12. The molecule has 0 fully saturated rings. The third-order valence-corrected chi connectivity index (χ3v) is 2.68. The Morgan fingerprint density at radius 3 is 2.50 bits per heavy atom. The maximum absolute atomic E-state index is 6.04. The molecule has 0 heterocycles. The molecular weight excluding hydrogens is 172 g/mol. The van der Waals surface area contributed by atoms with Crippen LogP contribution in [-0.4, -0.2) is 6.54 Å². The van der Waals surface area contributed by atoms with Crippen molar-refractivity contribution in [2.75, 3.05) is 6.54 Å².